The van der Waals surface area contributed by atoms with Crippen molar-refractivity contribution >= 4 is 17.2 Å². The topological polar surface area (TPSA) is 45.2 Å². The molecule has 0 bridgehead atoms. The Bertz CT molecular complexity index is 697. The standard InChI is InChI=1S/C19H25N3OS/c1-3-6-18-21-17(13-24-18)19(23)20-14(2)11-22-10-9-15-7-4-5-8-16(15)12-22/h4-5,7-8,13-14H,3,6,9-12H2,1-2H3,(H,20,23). The molecule has 1 aliphatic heterocycles. The molecule has 1 atom stereocenters. The molecule has 1 aromatic carbocycles. The monoisotopic (exact) mass is 343 g/mol. The Labute approximate surface area is 147 Å². The summed E-state index contributed by atoms with van der Waals surface area (Å²) in [5.41, 5.74) is 3.42. The van der Waals surface area contributed by atoms with E-state index in [1.54, 1.807) is 11.3 Å². The number of benzene rings is 1. The van der Waals surface area contributed by atoms with E-state index in [1.165, 1.54) is 11.1 Å². The van der Waals surface area contributed by atoms with Gasteiger partial charge in [-0.25, -0.2) is 4.98 Å². The van der Waals surface area contributed by atoms with Crippen molar-refractivity contribution in [2.24, 2.45) is 0 Å². The molecule has 24 heavy (non-hydrogen) atoms. The molecule has 0 saturated carbocycles. The SMILES string of the molecule is CCCc1nc(C(=O)NC(C)CN2CCc3ccccc3C2)cs1. The molecule has 1 unspecified atom stereocenters. The summed E-state index contributed by atoms with van der Waals surface area (Å²) in [6.45, 7) is 7.08. The van der Waals surface area contributed by atoms with Gasteiger partial charge in [-0.15, -0.1) is 11.3 Å². The summed E-state index contributed by atoms with van der Waals surface area (Å²) in [5, 5.41) is 6.00. The largest absolute Gasteiger partial charge is 0.347 e. The van der Waals surface area contributed by atoms with Gasteiger partial charge in [-0.05, 0) is 37.3 Å². The van der Waals surface area contributed by atoms with Crippen molar-refractivity contribution in [1.82, 2.24) is 15.2 Å². The molecule has 128 valence electrons. The number of nitrogens with one attached hydrogen (secondary N) is 1. The second-order valence-corrected chi connectivity index (χ2v) is 7.45. The van der Waals surface area contributed by atoms with Crippen molar-refractivity contribution in [1.29, 1.82) is 0 Å². The van der Waals surface area contributed by atoms with E-state index < -0.39 is 0 Å². The lowest BCUT2D eigenvalue weighted by molar-refractivity contribution is 0.0922. The lowest BCUT2D eigenvalue weighted by Gasteiger charge is -2.31. The number of amides is 1. The summed E-state index contributed by atoms with van der Waals surface area (Å²) < 4.78 is 0. The Balaban J connectivity index is 1.52. The summed E-state index contributed by atoms with van der Waals surface area (Å²) in [5.74, 6) is -0.0569. The molecule has 4 nitrogen and oxygen atoms in total. The average molecular weight is 343 g/mol. The van der Waals surface area contributed by atoms with Crippen LogP contribution in [0.5, 0.6) is 0 Å². The zero-order valence-corrected chi connectivity index (χ0v) is 15.2. The summed E-state index contributed by atoms with van der Waals surface area (Å²) in [7, 11) is 0. The third kappa shape index (κ3) is 4.22. The van der Waals surface area contributed by atoms with Gasteiger partial charge in [0.25, 0.3) is 5.91 Å². The fraction of sp³-hybridized carbons (Fsp3) is 0.474. The number of hydrogen-bond donors (Lipinski definition) is 1. The zero-order valence-electron chi connectivity index (χ0n) is 14.4. The molecule has 0 saturated heterocycles. The molecule has 1 aromatic heterocycles. The molecular formula is C19H25N3OS. The van der Waals surface area contributed by atoms with Gasteiger partial charge in [-0.2, -0.15) is 0 Å². The maximum atomic E-state index is 12.3. The normalized spacial score (nSPS) is 15.8. The molecule has 5 heteroatoms. The average Bonchev–Trinajstić information content (AvgIpc) is 3.04. The third-order valence-corrected chi connectivity index (χ3v) is 5.28. The maximum absolute atomic E-state index is 12.3. The van der Waals surface area contributed by atoms with Crippen molar-refractivity contribution in [3.8, 4) is 0 Å². The van der Waals surface area contributed by atoms with Gasteiger partial charge in [0.05, 0.1) is 5.01 Å². The van der Waals surface area contributed by atoms with E-state index in [9.17, 15) is 4.79 Å². The van der Waals surface area contributed by atoms with Crippen molar-refractivity contribution in [3.05, 3.63) is 51.5 Å². The van der Waals surface area contributed by atoms with Crippen LogP contribution in [-0.4, -0.2) is 34.9 Å². The summed E-state index contributed by atoms with van der Waals surface area (Å²) >= 11 is 1.58. The van der Waals surface area contributed by atoms with E-state index in [1.807, 2.05) is 5.38 Å². The minimum atomic E-state index is -0.0569. The Morgan fingerprint density at radius 3 is 2.96 bits per heavy atom. The number of fused-ring (bicyclic) bond motifs is 1. The van der Waals surface area contributed by atoms with E-state index >= 15 is 0 Å². The van der Waals surface area contributed by atoms with Gasteiger partial charge in [-0.3, -0.25) is 9.69 Å². The highest BCUT2D eigenvalue weighted by atomic mass is 32.1. The van der Waals surface area contributed by atoms with Crippen molar-refractivity contribution in [2.75, 3.05) is 13.1 Å². The highest BCUT2D eigenvalue weighted by Gasteiger charge is 2.19. The number of rotatable bonds is 6. The predicted octanol–water partition coefficient (Wildman–Crippen LogP) is 3.27. The van der Waals surface area contributed by atoms with Crippen LogP contribution in [0, 0.1) is 0 Å². The van der Waals surface area contributed by atoms with Crippen LogP contribution in [0.2, 0.25) is 0 Å². The van der Waals surface area contributed by atoms with Gasteiger partial charge in [0.1, 0.15) is 5.69 Å². The number of aryl methyl sites for hydroxylation is 1. The lowest BCUT2D eigenvalue weighted by atomic mass is 10.00. The van der Waals surface area contributed by atoms with E-state index in [-0.39, 0.29) is 11.9 Å². The van der Waals surface area contributed by atoms with Crippen LogP contribution in [0.3, 0.4) is 0 Å². The van der Waals surface area contributed by atoms with E-state index in [0.29, 0.717) is 5.69 Å². The first kappa shape index (κ1) is 17.1. The van der Waals surface area contributed by atoms with Gasteiger partial charge >= 0.3 is 0 Å². The fourth-order valence-electron chi connectivity index (χ4n) is 3.18. The summed E-state index contributed by atoms with van der Waals surface area (Å²) in [4.78, 5) is 19.2. The molecule has 0 radical (unpaired) electrons. The summed E-state index contributed by atoms with van der Waals surface area (Å²) in [6, 6.07) is 8.74. The number of aromatic nitrogens is 1. The first-order valence-electron chi connectivity index (χ1n) is 8.70. The molecule has 0 aliphatic carbocycles. The lowest BCUT2D eigenvalue weighted by Crippen LogP contribution is -2.43. The molecule has 1 aliphatic rings. The molecule has 0 spiro atoms. The first-order valence-corrected chi connectivity index (χ1v) is 9.58. The van der Waals surface area contributed by atoms with Crippen LogP contribution in [0.25, 0.3) is 0 Å². The number of carbonyl (C=O) groups is 1. The first-order chi connectivity index (χ1) is 11.7. The Hall–Kier alpha value is -1.72. The van der Waals surface area contributed by atoms with Gasteiger partial charge in [0.15, 0.2) is 0 Å². The number of thiazole rings is 1. The molecule has 2 heterocycles. The van der Waals surface area contributed by atoms with Gasteiger partial charge in [-0.1, -0.05) is 31.2 Å². The highest BCUT2D eigenvalue weighted by molar-refractivity contribution is 7.09. The Morgan fingerprint density at radius 2 is 2.17 bits per heavy atom. The molecule has 0 fully saturated rings. The predicted molar refractivity (Wildman–Crippen MR) is 98.5 cm³/mol. The highest BCUT2D eigenvalue weighted by Crippen LogP contribution is 2.18. The summed E-state index contributed by atoms with van der Waals surface area (Å²) in [6.07, 6.45) is 3.09. The van der Waals surface area contributed by atoms with Crippen molar-refractivity contribution < 1.29 is 4.79 Å². The second kappa shape index (κ2) is 7.90. The van der Waals surface area contributed by atoms with Crippen LogP contribution in [0.4, 0.5) is 0 Å². The Morgan fingerprint density at radius 1 is 1.38 bits per heavy atom. The minimum absolute atomic E-state index is 0.0569. The van der Waals surface area contributed by atoms with Crippen LogP contribution >= 0.6 is 11.3 Å². The third-order valence-electron chi connectivity index (χ3n) is 4.37. The number of hydrogen-bond acceptors (Lipinski definition) is 4. The van der Waals surface area contributed by atoms with E-state index in [4.69, 9.17) is 0 Å². The van der Waals surface area contributed by atoms with Gasteiger partial charge < -0.3 is 5.32 Å². The van der Waals surface area contributed by atoms with Crippen molar-refractivity contribution in [2.45, 2.75) is 45.7 Å². The molecular weight excluding hydrogens is 318 g/mol. The Kier molecular flexibility index (Phi) is 5.63. The second-order valence-electron chi connectivity index (χ2n) is 6.50. The molecule has 3 rings (SSSR count). The van der Waals surface area contributed by atoms with E-state index in [2.05, 4.69) is 53.3 Å². The van der Waals surface area contributed by atoms with Crippen LogP contribution in [0.15, 0.2) is 29.6 Å². The fourth-order valence-corrected chi connectivity index (χ4v) is 4.06. The van der Waals surface area contributed by atoms with Crippen LogP contribution in [0.1, 0.15) is 46.9 Å². The molecule has 1 amide bonds. The smallest absolute Gasteiger partial charge is 0.271 e. The quantitative estimate of drug-likeness (QED) is 0.875. The van der Waals surface area contributed by atoms with Gasteiger partial charge in [0.2, 0.25) is 0 Å². The van der Waals surface area contributed by atoms with Crippen LogP contribution < -0.4 is 5.32 Å². The van der Waals surface area contributed by atoms with Gasteiger partial charge in [0, 0.05) is 31.1 Å². The number of nitrogens with zero attached hydrogens (tertiary/aromatic N) is 2. The number of carbonyl (C=O) groups excluding carboxylic acids is 1. The maximum Gasteiger partial charge on any atom is 0.271 e. The minimum Gasteiger partial charge on any atom is -0.347 e. The zero-order chi connectivity index (χ0) is 16.9. The van der Waals surface area contributed by atoms with Crippen molar-refractivity contribution in [3.63, 3.8) is 0 Å². The molecule has 2 aromatic rings. The van der Waals surface area contributed by atoms with E-state index in [0.717, 1.165) is 43.9 Å². The molecule has 1 N–H and O–H groups in total. The van der Waals surface area contributed by atoms with Crippen LogP contribution in [-0.2, 0) is 19.4 Å².